The Morgan fingerprint density at radius 3 is 2.33 bits per heavy atom. The standard InChI is InChI=1S/C23H36N2O2/c1-19(2)21-6-8-22(9-7-21)27-18-23(26)25-16-11-20(12-17-25)10-15-24-13-4-3-5-14-24/h6-9,19-20H,3-5,10-18H2,1-2H3. The Bertz CT molecular complexity index is 571. The Hall–Kier alpha value is -1.55. The van der Waals surface area contributed by atoms with E-state index < -0.39 is 0 Å². The predicted octanol–water partition coefficient (Wildman–Crippen LogP) is 4.30. The molecule has 1 aromatic rings. The number of rotatable bonds is 7. The Kier molecular flexibility index (Phi) is 7.57. The van der Waals surface area contributed by atoms with Gasteiger partial charge < -0.3 is 14.5 Å². The summed E-state index contributed by atoms with van der Waals surface area (Å²) in [5, 5.41) is 0. The lowest BCUT2D eigenvalue weighted by atomic mass is 9.93. The monoisotopic (exact) mass is 372 g/mol. The molecule has 2 aliphatic heterocycles. The van der Waals surface area contributed by atoms with Gasteiger partial charge in [0.25, 0.3) is 5.91 Å². The van der Waals surface area contributed by atoms with Gasteiger partial charge in [0.2, 0.25) is 0 Å². The molecule has 0 spiro atoms. The second-order valence-electron chi connectivity index (χ2n) is 8.53. The summed E-state index contributed by atoms with van der Waals surface area (Å²) in [6.07, 6.45) is 7.72. The molecule has 0 aromatic heterocycles. The quantitative estimate of drug-likeness (QED) is 0.715. The first-order chi connectivity index (χ1) is 13.1. The van der Waals surface area contributed by atoms with Crippen molar-refractivity contribution < 1.29 is 9.53 Å². The fourth-order valence-corrected chi connectivity index (χ4v) is 4.20. The SMILES string of the molecule is CC(C)c1ccc(OCC(=O)N2CCC(CCN3CCCCC3)CC2)cc1. The van der Waals surface area contributed by atoms with E-state index in [1.165, 1.54) is 50.9 Å². The van der Waals surface area contributed by atoms with E-state index in [2.05, 4.69) is 30.9 Å². The van der Waals surface area contributed by atoms with Crippen LogP contribution in [0.1, 0.15) is 63.9 Å². The summed E-state index contributed by atoms with van der Waals surface area (Å²) in [4.78, 5) is 17.1. The van der Waals surface area contributed by atoms with Gasteiger partial charge in [-0.1, -0.05) is 32.4 Å². The van der Waals surface area contributed by atoms with Crippen LogP contribution in [0.4, 0.5) is 0 Å². The van der Waals surface area contributed by atoms with Crippen LogP contribution in [0.5, 0.6) is 5.75 Å². The molecule has 150 valence electrons. The number of carbonyl (C=O) groups is 1. The van der Waals surface area contributed by atoms with Crippen LogP contribution in [0, 0.1) is 5.92 Å². The molecule has 1 aromatic carbocycles. The third kappa shape index (κ3) is 6.24. The van der Waals surface area contributed by atoms with Crippen molar-refractivity contribution in [3.63, 3.8) is 0 Å². The number of hydrogen-bond donors (Lipinski definition) is 0. The maximum absolute atomic E-state index is 12.5. The molecule has 2 aliphatic rings. The molecule has 0 bridgehead atoms. The summed E-state index contributed by atoms with van der Waals surface area (Å²) >= 11 is 0. The molecule has 2 fully saturated rings. The van der Waals surface area contributed by atoms with Gasteiger partial charge in [0, 0.05) is 13.1 Å². The number of likely N-dealkylation sites (tertiary alicyclic amines) is 2. The molecular weight excluding hydrogens is 336 g/mol. The average molecular weight is 373 g/mol. The summed E-state index contributed by atoms with van der Waals surface area (Å²) in [6.45, 7) is 10.1. The number of nitrogens with zero attached hydrogens (tertiary/aromatic N) is 2. The van der Waals surface area contributed by atoms with Gasteiger partial charge in [0.05, 0.1) is 0 Å². The van der Waals surface area contributed by atoms with Crippen molar-refractivity contribution in [3.8, 4) is 5.75 Å². The lowest BCUT2D eigenvalue weighted by Crippen LogP contribution is -2.41. The zero-order valence-corrected chi connectivity index (χ0v) is 17.2. The Morgan fingerprint density at radius 2 is 1.70 bits per heavy atom. The van der Waals surface area contributed by atoms with Crippen molar-refractivity contribution in [2.45, 2.75) is 58.3 Å². The number of ether oxygens (including phenoxy) is 1. The van der Waals surface area contributed by atoms with Gasteiger partial charge >= 0.3 is 0 Å². The van der Waals surface area contributed by atoms with E-state index >= 15 is 0 Å². The zero-order valence-electron chi connectivity index (χ0n) is 17.2. The highest BCUT2D eigenvalue weighted by atomic mass is 16.5. The van der Waals surface area contributed by atoms with E-state index in [1.807, 2.05) is 17.0 Å². The Morgan fingerprint density at radius 1 is 1.04 bits per heavy atom. The van der Waals surface area contributed by atoms with Crippen LogP contribution in [0.15, 0.2) is 24.3 Å². The number of amides is 1. The zero-order chi connectivity index (χ0) is 19.1. The molecule has 3 rings (SSSR count). The number of carbonyl (C=O) groups excluding carboxylic acids is 1. The summed E-state index contributed by atoms with van der Waals surface area (Å²) < 4.78 is 5.71. The normalized spacial score (nSPS) is 19.4. The van der Waals surface area contributed by atoms with Gasteiger partial charge in [-0.15, -0.1) is 0 Å². The molecular formula is C23H36N2O2. The lowest BCUT2D eigenvalue weighted by molar-refractivity contribution is -0.134. The first-order valence-electron chi connectivity index (χ1n) is 10.8. The Balaban J connectivity index is 1.34. The maximum atomic E-state index is 12.5. The molecule has 0 N–H and O–H groups in total. The fraction of sp³-hybridized carbons (Fsp3) is 0.696. The van der Waals surface area contributed by atoms with Gasteiger partial charge in [-0.2, -0.15) is 0 Å². The number of piperidine rings is 2. The van der Waals surface area contributed by atoms with E-state index in [1.54, 1.807) is 0 Å². The second kappa shape index (κ2) is 10.1. The van der Waals surface area contributed by atoms with Crippen molar-refractivity contribution in [1.29, 1.82) is 0 Å². The lowest BCUT2D eigenvalue weighted by Gasteiger charge is -2.34. The molecule has 1 amide bonds. The third-order valence-electron chi connectivity index (χ3n) is 6.18. The summed E-state index contributed by atoms with van der Waals surface area (Å²) in [6, 6.07) is 8.10. The van der Waals surface area contributed by atoms with Crippen molar-refractivity contribution in [1.82, 2.24) is 9.80 Å². The van der Waals surface area contributed by atoms with Crippen molar-refractivity contribution in [2.24, 2.45) is 5.92 Å². The van der Waals surface area contributed by atoms with Crippen LogP contribution in [-0.2, 0) is 4.79 Å². The van der Waals surface area contributed by atoms with Gasteiger partial charge in [0.15, 0.2) is 6.61 Å². The van der Waals surface area contributed by atoms with Crippen LogP contribution in [0.3, 0.4) is 0 Å². The van der Waals surface area contributed by atoms with Gasteiger partial charge in [-0.05, 0) is 81.3 Å². The first-order valence-corrected chi connectivity index (χ1v) is 10.8. The highest BCUT2D eigenvalue weighted by Gasteiger charge is 2.23. The average Bonchev–Trinajstić information content (AvgIpc) is 2.72. The van der Waals surface area contributed by atoms with E-state index in [0.29, 0.717) is 5.92 Å². The minimum absolute atomic E-state index is 0.123. The van der Waals surface area contributed by atoms with Crippen LogP contribution in [-0.4, -0.2) is 55.0 Å². The third-order valence-corrected chi connectivity index (χ3v) is 6.18. The second-order valence-corrected chi connectivity index (χ2v) is 8.53. The first kappa shape index (κ1) is 20.2. The smallest absolute Gasteiger partial charge is 0.260 e. The molecule has 0 atom stereocenters. The summed E-state index contributed by atoms with van der Waals surface area (Å²) in [5.41, 5.74) is 1.29. The van der Waals surface area contributed by atoms with Crippen molar-refractivity contribution >= 4 is 5.91 Å². The topological polar surface area (TPSA) is 32.8 Å². The van der Waals surface area contributed by atoms with Crippen molar-refractivity contribution in [2.75, 3.05) is 39.3 Å². The van der Waals surface area contributed by atoms with Crippen LogP contribution < -0.4 is 4.74 Å². The molecule has 4 heteroatoms. The molecule has 2 heterocycles. The highest BCUT2D eigenvalue weighted by Crippen LogP contribution is 2.22. The van der Waals surface area contributed by atoms with Gasteiger partial charge in [-0.25, -0.2) is 0 Å². The van der Waals surface area contributed by atoms with Crippen LogP contribution in [0.2, 0.25) is 0 Å². The largest absolute Gasteiger partial charge is 0.484 e. The Labute approximate surface area is 164 Å². The number of hydrogen-bond acceptors (Lipinski definition) is 3. The summed E-state index contributed by atoms with van der Waals surface area (Å²) in [7, 11) is 0. The predicted molar refractivity (Wildman–Crippen MR) is 110 cm³/mol. The van der Waals surface area contributed by atoms with Crippen molar-refractivity contribution in [3.05, 3.63) is 29.8 Å². The van der Waals surface area contributed by atoms with E-state index in [9.17, 15) is 4.79 Å². The van der Waals surface area contributed by atoms with Gasteiger partial charge in [0.1, 0.15) is 5.75 Å². The molecule has 0 saturated carbocycles. The molecule has 0 unspecified atom stereocenters. The van der Waals surface area contributed by atoms with E-state index in [-0.39, 0.29) is 12.5 Å². The maximum Gasteiger partial charge on any atom is 0.260 e. The van der Waals surface area contributed by atoms with Crippen LogP contribution >= 0.6 is 0 Å². The summed E-state index contributed by atoms with van der Waals surface area (Å²) in [5.74, 6) is 2.19. The molecule has 4 nitrogen and oxygen atoms in total. The van der Waals surface area contributed by atoms with E-state index in [0.717, 1.165) is 37.6 Å². The minimum Gasteiger partial charge on any atom is -0.484 e. The molecule has 0 aliphatic carbocycles. The minimum atomic E-state index is 0.123. The van der Waals surface area contributed by atoms with Crippen LogP contribution in [0.25, 0.3) is 0 Å². The number of benzene rings is 1. The molecule has 0 radical (unpaired) electrons. The fourth-order valence-electron chi connectivity index (χ4n) is 4.20. The highest BCUT2D eigenvalue weighted by molar-refractivity contribution is 5.77. The van der Waals surface area contributed by atoms with Gasteiger partial charge in [-0.3, -0.25) is 4.79 Å². The molecule has 2 saturated heterocycles. The van der Waals surface area contributed by atoms with E-state index in [4.69, 9.17) is 4.74 Å². The molecule has 27 heavy (non-hydrogen) atoms.